The number of nitrogens with one attached hydrogen (secondary N) is 5. The molecular weight excluding hydrogens is 745 g/mol. The van der Waals surface area contributed by atoms with Crippen molar-refractivity contribution in [2.45, 2.75) is 37.8 Å². The van der Waals surface area contributed by atoms with E-state index in [9.17, 15) is 10.5 Å². The fraction of sp³-hybridized carbons (Fsp3) is 0.282. The van der Waals surface area contributed by atoms with Gasteiger partial charge in [-0.15, -0.1) is 0 Å². The van der Waals surface area contributed by atoms with Gasteiger partial charge in [0.15, 0.2) is 11.6 Å². The van der Waals surface area contributed by atoms with Crippen LogP contribution in [-0.4, -0.2) is 75.3 Å². The lowest BCUT2D eigenvalue weighted by Gasteiger charge is -2.27. The largest absolute Gasteiger partial charge is 0.378 e. The molecule has 5 aliphatic rings. The maximum absolute atomic E-state index is 9.94. The Morgan fingerprint density at radius 3 is 1.64 bits per heavy atom. The first-order valence-electron chi connectivity index (χ1n) is 18.3. The summed E-state index contributed by atoms with van der Waals surface area (Å²) in [6, 6.07) is 25.4. The first kappa shape index (κ1) is 36.8. The van der Waals surface area contributed by atoms with Crippen LogP contribution in [-0.2, 0) is 4.74 Å². The number of benzene rings is 2. The van der Waals surface area contributed by atoms with Crippen molar-refractivity contribution in [1.82, 2.24) is 40.5 Å². The standard InChI is InChI=1S/C21H21N7OS.C18H17N7S/c22-12-16(19-24-17(13-30-19)14-4-2-1-3-5-14)18-25-20(23-15-6-7-15)27-21(26-18)28-8-10-29-11-9-28;1-20-17-23-15(24-18(25-17)21-12-7-8-12)13(9-19)16-22-14(10-26-16)11-5-3-2-4-6-11/h1-5,13,15,24H,6-11H2,(H,23,25,26,27);2-6,10,12,22H,7-8H2,1H3,(H2,20,21,23,24,25). The number of hydrogen-bond acceptors (Lipinski definition) is 17. The van der Waals surface area contributed by atoms with Crippen LogP contribution in [0.2, 0.25) is 0 Å². The van der Waals surface area contributed by atoms with Crippen molar-refractivity contribution in [3.05, 3.63) is 104 Å². The Morgan fingerprint density at radius 1 is 0.679 bits per heavy atom. The SMILES string of the molecule is CNc1nc(NC2CC2)nc(C(C#N)=C2NC(c3ccccc3)=CS2)n1.N#CC(=C1NC(c2ccccc2)=CS1)c1nc(NC2CC2)nc(N2CCOCC2)n1. The van der Waals surface area contributed by atoms with Crippen LogP contribution < -0.4 is 31.5 Å². The monoisotopic (exact) mass is 782 g/mol. The molecule has 17 heteroatoms. The molecule has 2 saturated carbocycles. The number of nitriles is 2. The van der Waals surface area contributed by atoms with Crippen LogP contribution in [0.5, 0.6) is 0 Å². The van der Waals surface area contributed by atoms with Crippen LogP contribution in [0.15, 0.2) is 81.5 Å². The smallest absolute Gasteiger partial charge is 0.230 e. The lowest BCUT2D eigenvalue weighted by Crippen LogP contribution is -2.37. The predicted octanol–water partition coefficient (Wildman–Crippen LogP) is 5.82. The van der Waals surface area contributed by atoms with E-state index in [1.165, 1.54) is 23.5 Å². The third-order valence-electron chi connectivity index (χ3n) is 8.98. The number of allylic oxidation sites excluding steroid dienone is 2. The number of morpholine rings is 1. The Balaban J connectivity index is 0.000000159. The Labute approximate surface area is 332 Å². The summed E-state index contributed by atoms with van der Waals surface area (Å²) in [7, 11) is 1.75. The fourth-order valence-electron chi connectivity index (χ4n) is 5.69. The van der Waals surface area contributed by atoms with Crippen LogP contribution in [0.1, 0.15) is 48.5 Å². The second-order valence-corrected chi connectivity index (χ2v) is 14.9. The summed E-state index contributed by atoms with van der Waals surface area (Å²) in [6.07, 6.45) is 4.46. The van der Waals surface area contributed by atoms with E-state index in [1.807, 2.05) is 71.5 Å². The van der Waals surface area contributed by atoms with Gasteiger partial charge in [-0.2, -0.15) is 40.4 Å². The van der Waals surface area contributed by atoms with E-state index >= 15 is 0 Å². The second-order valence-electron chi connectivity index (χ2n) is 13.2. The molecule has 1 saturated heterocycles. The summed E-state index contributed by atoms with van der Waals surface area (Å²) < 4.78 is 5.45. The number of rotatable bonds is 10. The molecular formula is C39H38N14OS2. The summed E-state index contributed by atoms with van der Waals surface area (Å²) >= 11 is 2.94. The molecule has 15 nitrogen and oxygen atoms in total. The Hall–Kier alpha value is -6.14. The van der Waals surface area contributed by atoms with Gasteiger partial charge in [0.25, 0.3) is 0 Å². The number of aromatic nitrogens is 6. The van der Waals surface area contributed by atoms with Crippen molar-refractivity contribution in [3.8, 4) is 12.1 Å². The molecule has 5 heterocycles. The molecule has 0 spiro atoms. The molecule has 9 rings (SSSR count). The maximum Gasteiger partial charge on any atom is 0.230 e. The topological polar surface area (TPSA) is 198 Å². The van der Waals surface area contributed by atoms with Crippen molar-refractivity contribution >= 4 is 69.9 Å². The average molecular weight is 783 g/mol. The van der Waals surface area contributed by atoms with Crippen molar-refractivity contribution in [1.29, 1.82) is 10.5 Å². The van der Waals surface area contributed by atoms with Gasteiger partial charge in [-0.05, 0) is 36.8 Å². The summed E-state index contributed by atoms with van der Waals surface area (Å²) in [5.74, 6) is 2.78. The number of ether oxygens (including phenoxy) is 1. The summed E-state index contributed by atoms with van der Waals surface area (Å²) in [5, 5.41) is 41.3. The molecule has 2 aliphatic carbocycles. The van der Waals surface area contributed by atoms with Gasteiger partial charge >= 0.3 is 0 Å². The quantitative estimate of drug-likeness (QED) is 0.120. The summed E-state index contributed by atoms with van der Waals surface area (Å²) in [5.41, 5.74) is 4.86. The van der Waals surface area contributed by atoms with Gasteiger partial charge in [-0.3, -0.25) is 0 Å². The van der Waals surface area contributed by atoms with Crippen molar-refractivity contribution in [2.75, 3.05) is 54.2 Å². The van der Waals surface area contributed by atoms with E-state index in [0.29, 0.717) is 71.9 Å². The number of anilines is 4. The van der Waals surface area contributed by atoms with Gasteiger partial charge in [0, 0.05) is 43.0 Å². The van der Waals surface area contributed by atoms with Crippen LogP contribution in [0, 0.1) is 22.7 Å². The number of hydrogen-bond donors (Lipinski definition) is 5. The molecule has 56 heavy (non-hydrogen) atoms. The zero-order valence-electron chi connectivity index (χ0n) is 30.5. The van der Waals surface area contributed by atoms with Gasteiger partial charge in [0.05, 0.1) is 34.7 Å². The van der Waals surface area contributed by atoms with Crippen molar-refractivity contribution < 1.29 is 4.74 Å². The van der Waals surface area contributed by atoms with Crippen LogP contribution >= 0.6 is 23.5 Å². The minimum Gasteiger partial charge on any atom is -0.378 e. The number of thioether (sulfide) groups is 2. The van der Waals surface area contributed by atoms with E-state index in [0.717, 1.165) is 71.4 Å². The molecule has 0 amide bonds. The molecule has 5 N–H and O–H groups in total. The second kappa shape index (κ2) is 17.1. The predicted molar refractivity (Wildman–Crippen MR) is 221 cm³/mol. The van der Waals surface area contributed by atoms with Gasteiger partial charge in [-0.25, -0.2) is 0 Å². The molecule has 0 atom stereocenters. The van der Waals surface area contributed by atoms with Gasteiger partial charge < -0.3 is 36.2 Å². The summed E-state index contributed by atoms with van der Waals surface area (Å²) in [6.45, 7) is 2.72. The lowest BCUT2D eigenvalue weighted by molar-refractivity contribution is 0.122. The third kappa shape index (κ3) is 9.03. The van der Waals surface area contributed by atoms with Gasteiger partial charge in [-0.1, -0.05) is 84.2 Å². The molecule has 0 radical (unpaired) electrons. The molecule has 3 fully saturated rings. The Bertz CT molecular complexity index is 2290. The number of nitrogens with zero attached hydrogens (tertiary/aromatic N) is 9. The molecule has 4 aromatic rings. The maximum atomic E-state index is 9.94. The normalized spacial score (nSPS) is 19.1. The molecule has 282 valence electrons. The molecule has 3 aliphatic heterocycles. The van der Waals surface area contributed by atoms with Gasteiger partial charge in [0.2, 0.25) is 23.8 Å². The third-order valence-corrected chi connectivity index (χ3v) is 10.8. The fourth-order valence-corrected chi connectivity index (χ4v) is 7.40. The summed E-state index contributed by atoms with van der Waals surface area (Å²) in [4.78, 5) is 29.0. The molecule has 2 aromatic heterocycles. The van der Waals surface area contributed by atoms with E-state index < -0.39 is 0 Å². The average Bonchev–Trinajstić information content (AvgIpc) is 4.15. The minimum atomic E-state index is 0.354. The molecule has 0 unspecified atom stereocenters. The highest BCUT2D eigenvalue weighted by atomic mass is 32.2. The van der Waals surface area contributed by atoms with Gasteiger partial charge in [0.1, 0.15) is 23.3 Å². The highest BCUT2D eigenvalue weighted by Crippen LogP contribution is 2.36. The Morgan fingerprint density at radius 2 is 1.16 bits per heavy atom. The van der Waals surface area contributed by atoms with Crippen molar-refractivity contribution in [2.24, 2.45) is 0 Å². The first-order chi connectivity index (χ1) is 27.6. The zero-order chi connectivity index (χ0) is 38.3. The van der Waals surface area contributed by atoms with E-state index in [2.05, 4.69) is 73.5 Å². The Kier molecular flexibility index (Phi) is 11.3. The highest BCUT2D eigenvalue weighted by Gasteiger charge is 2.27. The van der Waals surface area contributed by atoms with E-state index in [-0.39, 0.29) is 0 Å². The minimum absolute atomic E-state index is 0.354. The first-order valence-corrected chi connectivity index (χ1v) is 20.1. The molecule has 2 aromatic carbocycles. The molecule has 0 bridgehead atoms. The lowest BCUT2D eigenvalue weighted by atomic mass is 10.2. The van der Waals surface area contributed by atoms with E-state index in [4.69, 9.17) is 4.74 Å². The van der Waals surface area contributed by atoms with Crippen molar-refractivity contribution in [3.63, 3.8) is 0 Å². The van der Waals surface area contributed by atoms with E-state index in [1.54, 1.807) is 7.05 Å². The highest BCUT2D eigenvalue weighted by molar-refractivity contribution is 8.06. The van der Waals surface area contributed by atoms with Crippen LogP contribution in [0.3, 0.4) is 0 Å². The zero-order valence-corrected chi connectivity index (χ0v) is 32.1. The van der Waals surface area contributed by atoms with Crippen LogP contribution in [0.4, 0.5) is 23.8 Å². The van der Waals surface area contributed by atoms with Crippen LogP contribution in [0.25, 0.3) is 22.5 Å².